The Bertz CT molecular complexity index is 739. The quantitative estimate of drug-likeness (QED) is 0.834. The van der Waals surface area contributed by atoms with Crippen LogP contribution in [0, 0.1) is 12.7 Å². The fourth-order valence-electron chi connectivity index (χ4n) is 1.52. The van der Waals surface area contributed by atoms with E-state index in [2.05, 4.69) is 0 Å². The van der Waals surface area contributed by atoms with Crippen LogP contribution >= 0.6 is 0 Å². The van der Waals surface area contributed by atoms with E-state index in [1.807, 2.05) is 10.3 Å². The molecule has 8 heteroatoms. The largest absolute Gasteiger partial charge is 0.469 e. The Balaban J connectivity index is 2.13. The molecule has 0 saturated carbocycles. The molecule has 0 bridgehead atoms. The van der Waals surface area contributed by atoms with Crippen LogP contribution in [0.25, 0.3) is 0 Å². The van der Waals surface area contributed by atoms with Gasteiger partial charge in [-0.3, -0.25) is 10.2 Å². The minimum absolute atomic E-state index is 0.182. The molecule has 0 saturated heterocycles. The molecule has 1 aromatic heterocycles. The fourth-order valence-corrected chi connectivity index (χ4v) is 2.44. The predicted molar refractivity (Wildman–Crippen MR) is 67.6 cm³/mol. The van der Waals surface area contributed by atoms with Crippen LogP contribution in [0.15, 0.2) is 45.9 Å². The summed E-state index contributed by atoms with van der Waals surface area (Å²) >= 11 is 0. The molecule has 0 atom stereocenters. The van der Waals surface area contributed by atoms with Crippen LogP contribution in [-0.4, -0.2) is 14.3 Å². The third-order valence-corrected chi connectivity index (χ3v) is 3.81. The van der Waals surface area contributed by atoms with Crippen LogP contribution in [0.2, 0.25) is 0 Å². The molecule has 0 aliphatic rings. The smallest absolute Gasteiger partial charge is 0.269 e. The van der Waals surface area contributed by atoms with Crippen LogP contribution in [-0.2, 0) is 10.0 Å². The topological polar surface area (TPSA) is 88.4 Å². The Hall–Kier alpha value is -2.19. The molecule has 2 aromatic rings. The Morgan fingerprint density at radius 3 is 2.55 bits per heavy atom. The summed E-state index contributed by atoms with van der Waals surface area (Å²) in [7, 11) is -4.18. The molecule has 106 valence electrons. The molecule has 0 unspecified atom stereocenters. The lowest BCUT2D eigenvalue weighted by Crippen LogP contribution is -2.41. The SMILES string of the molecule is Cc1occc1C(=O)NNS(=O)(=O)c1ccccc1F. The van der Waals surface area contributed by atoms with Gasteiger partial charge in [-0.2, -0.15) is 0 Å². The summed E-state index contributed by atoms with van der Waals surface area (Å²) in [6, 6.07) is 6.23. The Labute approximate surface area is 114 Å². The average molecular weight is 298 g/mol. The number of halogens is 1. The molecule has 1 heterocycles. The van der Waals surface area contributed by atoms with Crippen molar-refractivity contribution in [3.8, 4) is 0 Å². The van der Waals surface area contributed by atoms with Gasteiger partial charge in [-0.05, 0) is 25.1 Å². The third-order valence-electron chi connectivity index (χ3n) is 2.53. The summed E-state index contributed by atoms with van der Waals surface area (Å²) in [6.07, 6.45) is 1.30. The van der Waals surface area contributed by atoms with Crippen molar-refractivity contribution in [3.05, 3.63) is 53.7 Å². The first-order valence-corrected chi connectivity index (χ1v) is 7.01. The van der Waals surface area contributed by atoms with Gasteiger partial charge in [0.05, 0.1) is 11.8 Å². The number of sulfonamides is 1. The highest BCUT2D eigenvalue weighted by atomic mass is 32.2. The maximum atomic E-state index is 13.4. The number of hydrogen-bond donors (Lipinski definition) is 2. The first kappa shape index (κ1) is 14.2. The number of nitrogens with one attached hydrogen (secondary N) is 2. The monoisotopic (exact) mass is 298 g/mol. The molecular weight excluding hydrogens is 287 g/mol. The van der Waals surface area contributed by atoms with Crippen molar-refractivity contribution in [2.24, 2.45) is 0 Å². The second-order valence-electron chi connectivity index (χ2n) is 3.88. The Morgan fingerprint density at radius 1 is 1.25 bits per heavy atom. The lowest BCUT2D eigenvalue weighted by molar-refractivity contribution is 0.0943. The van der Waals surface area contributed by atoms with Crippen molar-refractivity contribution in [2.45, 2.75) is 11.8 Å². The van der Waals surface area contributed by atoms with Crippen molar-refractivity contribution < 1.29 is 22.0 Å². The molecular formula is C12H11FN2O4S. The van der Waals surface area contributed by atoms with Gasteiger partial charge in [0.25, 0.3) is 15.9 Å². The normalized spacial score (nSPS) is 11.3. The van der Waals surface area contributed by atoms with Gasteiger partial charge in [-0.1, -0.05) is 12.1 Å². The van der Waals surface area contributed by atoms with Crippen molar-refractivity contribution >= 4 is 15.9 Å². The predicted octanol–water partition coefficient (Wildman–Crippen LogP) is 1.35. The number of amides is 1. The number of aryl methyl sites for hydroxylation is 1. The standard InChI is InChI=1S/C12H11FN2O4S/c1-8-9(6-7-19-8)12(16)14-15-20(17,18)11-5-3-2-4-10(11)13/h2-7,15H,1H3,(H,14,16). The molecule has 2 N–H and O–H groups in total. The number of furan rings is 1. The molecule has 20 heavy (non-hydrogen) atoms. The second kappa shape index (κ2) is 5.43. The van der Waals surface area contributed by atoms with E-state index >= 15 is 0 Å². The molecule has 0 aliphatic carbocycles. The van der Waals surface area contributed by atoms with E-state index in [0.29, 0.717) is 5.76 Å². The first-order valence-electron chi connectivity index (χ1n) is 5.52. The summed E-state index contributed by atoms with van der Waals surface area (Å²) in [5, 5.41) is 0. The summed E-state index contributed by atoms with van der Waals surface area (Å²) in [5.74, 6) is -1.27. The minimum atomic E-state index is -4.18. The van der Waals surface area contributed by atoms with E-state index in [9.17, 15) is 17.6 Å². The highest BCUT2D eigenvalue weighted by Gasteiger charge is 2.20. The summed E-state index contributed by atoms with van der Waals surface area (Å²) < 4.78 is 42.0. The van der Waals surface area contributed by atoms with E-state index in [1.165, 1.54) is 24.5 Å². The van der Waals surface area contributed by atoms with Gasteiger partial charge in [0.15, 0.2) is 0 Å². The molecule has 0 aliphatic heterocycles. The number of carbonyl (C=O) groups is 1. The van der Waals surface area contributed by atoms with Crippen molar-refractivity contribution in [1.82, 2.24) is 10.3 Å². The van der Waals surface area contributed by atoms with E-state index in [4.69, 9.17) is 4.42 Å². The number of hydrazine groups is 1. The van der Waals surface area contributed by atoms with Crippen LogP contribution in [0.3, 0.4) is 0 Å². The maximum absolute atomic E-state index is 13.4. The van der Waals surface area contributed by atoms with Crippen molar-refractivity contribution in [1.29, 1.82) is 0 Å². The highest BCUT2D eigenvalue weighted by molar-refractivity contribution is 7.89. The lowest BCUT2D eigenvalue weighted by Gasteiger charge is -2.08. The zero-order valence-corrected chi connectivity index (χ0v) is 11.2. The third kappa shape index (κ3) is 2.86. The first-order chi connectivity index (χ1) is 9.42. The van der Waals surface area contributed by atoms with Gasteiger partial charge in [-0.25, -0.2) is 12.8 Å². The van der Waals surface area contributed by atoms with Gasteiger partial charge in [0, 0.05) is 0 Å². The van der Waals surface area contributed by atoms with Crippen LogP contribution < -0.4 is 10.3 Å². The summed E-state index contributed by atoms with van der Waals surface area (Å²) in [6.45, 7) is 1.56. The van der Waals surface area contributed by atoms with Gasteiger partial charge >= 0.3 is 0 Å². The summed E-state index contributed by atoms with van der Waals surface area (Å²) in [4.78, 5) is 13.0. The van der Waals surface area contributed by atoms with Crippen molar-refractivity contribution in [2.75, 3.05) is 0 Å². The van der Waals surface area contributed by atoms with Gasteiger partial charge in [0.1, 0.15) is 16.5 Å². The molecule has 1 aromatic carbocycles. The van der Waals surface area contributed by atoms with Crippen LogP contribution in [0.5, 0.6) is 0 Å². The Kier molecular flexibility index (Phi) is 3.86. The van der Waals surface area contributed by atoms with E-state index in [-0.39, 0.29) is 5.56 Å². The fraction of sp³-hybridized carbons (Fsp3) is 0.0833. The Morgan fingerprint density at radius 2 is 1.95 bits per heavy atom. The average Bonchev–Trinajstić information content (AvgIpc) is 2.83. The van der Waals surface area contributed by atoms with Crippen molar-refractivity contribution in [3.63, 3.8) is 0 Å². The second-order valence-corrected chi connectivity index (χ2v) is 5.53. The molecule has 6 nitrogen and oxygen atoms in total. The van der Waals surface area contributed by atoms with Gasteiger partial charge in [0.2, 0.25) is 0 Å². The zero-order valence-electron chi connectivity index (χ0n) is 10.4. The molecule has 0 fully saturated rings. The minimum Gasteiger partial charge on any atom is -0.469 e. The van der Waals surface area contributed by atoms with E-state index < -0.39 is 26.6 Å². The number of hydrogen-bond acceptors (Lipinski definition) is 4. The van der Waals surface area contributed by atoms with Crippen LogP contribution in [0.4, 0.5) is 4.39 Å². The van der Waals surface area contributed by atoms with E-state index in [0.717, 1.165) is 12.1 Å². The summed E-state index contributed by atoms with van der Waals surface area (Å²) in [5.41, 5.74) is 2.17. The molecule has 2 rings (SSSR count). The van der Waals surface area contributed by atoms with Crippen LogP contribution in [0.1, 0.15) is 16.1 Å². The van der Waals surface area contributed by atoms with Gasteiger partial charge < -0.3 is 4.42 Å². The van der Waals surface area contributed by atoms with Gasteiger partial charge in [-0.15, -0.1) is 4.83 Å². The molecule has 1 amide bonds. The number of rotatable bonds is 4. The number of benzene rings is 1. The molecule has 0 spiro atoms. The number of carbonyl (C=O) groups excluding carboxylic acids is 1. The molecule has 0 radical (unpaired) electrons. The lowest BCUT2D eigenvalue weighted by atomic mass is 10.2. The zero-order chi connectivity index (χ0) is 14.8. The van der Waals surface area contributed by atoms with E-state index in [1.54, 1.807) is 6.92 Å². The maximum Gasteiger partial charge on any atom is 0.269 e. The highest BCUT2D eigenvalue weighted by Crippen LogP contribution is 2.13.